The molecule has 0 N–H and O–H groups in total. The number of hydrogen-bond acceptors (Lipinski definition) is 2. The maximum atomic E-state index is 3.80. The lowest BCUT2D eigenvalue weighted by Crippen LogP contribution is -1.87. The van der Waals surface area contributed by atoms with E-state index in [9.17, 15) is 0 Å². The lowest BCUT2D eigenvalue weighted by Gasteiger charge is -1.95. The molecule has 10 heavy (non-hydrogen) atoms. The van der Waals surface area contributed by atoms with E-state index in [1.165, 1.54) is 0 Å². The first-order chi connectivity index (χ1) is 4.95. The summed E-state index contributed by atoms with van der Waals surface area (Å²) in [5, 5.41) is 7.60. The molecular weight excluding hydrogens is 124 g/mol. The van der Waals surface area contributed by atoms with Gasteiger partial charge < -0.3 is 0 Å². The Labute approximate surface area is 58.9 Å². The van der Waals surface area contributed by atoms with Gasteiger partial charge in [-0.25, -0.2) is 0 Å². The van der Waals surface area contributed by atoms with E-state index >= 15 is 0 Å². The number of fused-ring (bicyclic) bond motifs is 3. The van der Waals surface area contributed by atoms with Crippen molar-refractivity contribution < 1.29 is 0 Å². The summed E-state index contributed by atoms with van der Waals surface area (Å²) in [4.78, 5) is 0. The molecule has 0 saturated heterocycles. The van der Waals surface area contributed by atoms with E-state index in [2.05, 4.69) is 10.2 Å². The molecule has 2 heteroatoms. The predicted octanol–water partition coefficient (Wildman–Crippen LogP) is 1.45. The lowest BCUT2D eigenvalue weighted by molar-refractivity contribution is 1.26. The Hall–Kier alpha value is -1.44. The van der Waals surface area contributed by atoms with Gasteiger partial charge >= 0.3 is 0 Å². The SMILES string of the molecule is C1=N\N=C/c2ccc/1cc2. The molecule has 2 aliphatic heterocycles. The molecule has 0 saturated carbocycles. The average molecular weight is 130 g/mol. The van der Waals surface area contributed by atoms with Gasteiger partial charge in [0.2, 0.25) is 0 Å². The third kappa shape index (κ3) is 0.838. The van der Waals surface area contributed by atoms with Gasteiger partial charge in [-0.05, 0) is 11.1 Å². The molecule has 1 aromatic rings. The minimum absolute atomic E-state index is 1.10. The lowest BCUT2D eigenvalue weighted by atomic mass is 10.1. The van der Waals surface area contributed by atoms with E-state index in [1.54, 1.807) is 12.4 Å². The molecule has 0 aliphatic carbocycles. The minimum atomic E-state index is 1.10. The van der Waals surface area contributed by atoms with E-state index in [0.29, 0.717) is 0 Å². The summed E-state index contributed by atoms with van der Waals surface area (Å²) >= 11 is 0. The highest BCUT2D eigenvalue weighted by molar-refractivity contribution is 5.86. The zero-order chi connectivity index (χ0) is 6.81. The quantitative estimate of drug-likeness (QED) is 0.508. The van der Waals surface area contributed by atoms with Crippen LogP contribution in [-0.2, 0) is 0 Å². The number of hydrogen-bond donors (Lipinski definition) is 0. The number of nitrogens with zero attached hydrogens (tertiary/aromatic N) is 2. The Morgan fingerprint density at radius 1 is 0.700 bits per heavy atom. The Bertz CT molecular complexity index is 252. The van der Waals surface area contributed by atoms with E-state index in [4.69, 9.17) is 0 Å². The topological polar surface area (TPSA) is 24.7 Å². The van der Waals surface area contributed by atoms with Gasteiger partial charge in [0.25, 0.3) is 0 Å². The van der Waals surface area contributed by atoms with Gasteiger partial charge in [0.05, 0.1) is 12.4 Å². The molecule has 2 nitrogen and oxygen atoms in total. The van der Waals surface area contributed by atoms with Gasteiger partial charge in [-0.2, -0.15) is 10.2 Å². The summed E-state index contributed by atoms with van der Waals surface area (Å²) in [7, 11) is 0. The average Bonchev–Trinajstić information content (AvgIpc) is 1.89. The van der Waals surface area contributed by atoms with Crippen LogP contribution in [0.4, 0.5) is 0 Å². The van der Waals surface area contributed by atoms with Gasteiger partial charge in [-0.1, -0.05) is 24.3 Å². The fourth-order valence-electron chi connectivity index (χ4n) is 0.868. The van der Waals surface area contributed by atoms with E-state index in [0.717, 1.165) is 11.1 Å². The van der Waals surface area contributed by atoms with E-state index in [-0.39, 0.29) is 0 Å². The number of rotatable bonds is 0. The maximum Gasteiger partial charge on any atom is 0.0568 e. The Kier molecular flexibility index (Phi) is 1.10. The van der Waals surface area contributed by atoms with Crippen molar-refractivity contribution in [1.29, 1.82) is 0 Å². The van der Waals surface area contributed by atoms with Crippen LogP contribution in [0.3, 0.4) is 0 Å². The molecule has 0 atom stereocenters. The van der Waals surface area contributed by atoms with Crippen molar-refractivity contribution in [2.75, 3.05) is 0 Å². The minimum Gasteiger partial charge on any atom is -0.159 e. The third-order valence-corrected chi connectivity index (χ3v) is 1.42. The Balaban J connectivity index is 2.65. The highest BCUT2D eigenvalue weighted by Gasteiger charge is 1.91. The number of benzene rings is 1. The normalized spacial score (nSPS) is 19.6. The van der Waals surface area contributed by atoms with Crippen LogP contribution in [0.1, 0.15) is 11.1 Å². The maximum absolute atomic E-state index is 3.80. The van der Waals surface area contributed by atoms with Crippen molar-refractivity contribution in [3.63, 3.8) is 0 Å². The molecule has 0 radical (unpaired) electrons. The van der Waals surface area contributed by atoms with Crippen molar-refractivity contribution in [3.8, 4) is 0 Å². The molecule has 0 fully saturated rings. The molecule has 1 aromatic carbocycles. The predicted molar refractivity (Wildman–Crippen MR) is 41.6 cm³/mol. The summed E-state index contributed by atoms with van der Waals surface area (Å²) in [5.41, 5.74) is 2.20. The van der Waals surface area contributed by atoms with Crippen LogP contribution in [0.5, 0.6) is 0 Å². The fraction of sp³-hybridized carbons (Fsp3) is 0. The first kappa shape index (κ1) is 5.35. The van der Waals surface area contributed by atoms with Gasteiger partial charge in [-0.15, -0.1) is 0 Å². The van der Waals surface area contributed by atoms with Crippen LogP contribution in [-0.4, -0.2) is 12.4 Å². The van der Waals surface area contributed by atoms with Crippen LogP contribution < -0.4 is 0 Å². The largest absolute Gasteiger partial charge is 0.159 e. The molecule has 0 amide bonds. The van der Waals surface area contributed by atoms with Gasteiger partial charge in [-0.3, -0.25) is 0 Å². The molecule has 0 spiro atoms. The molecule has 48 valence electrons. The molecule has 0 aromatic heterocycles. The van der Waals surface area contributed by atoms with Crippen LogP contribution >= 0.6 is 0 Å². The molecular formula is C8H6N2. The first-order valence-corrected chi connectivity index (χ1v) is 3.12. The molecule has 2 bridgehead atoms. The summed E-state index contributed by atoms with van der Waals surface area (Å²) in [6, 6.07) is 8.07. The monoisotopic (exact) mass is 130 g/mol. The van der Waals surface area contributed by atoms with Crippen molar-refractivity contribution in [2.45, 2.75) is 0 Å². The van der Waals surface area contributed by atoms with Gasteiger partial charge in [0.15, 0.2) is 0 Å². The van der Waals surface area contributed by atoms with E-state index < -0.39 is 0 Å². The summed E-state index contributed by atoms with van der Waals surface area (Å²) in [6.45, 7) is 0. The van der Waals surface area contributed by atoms with Crippen molar-refractivity contribution in [2.24, 2.45) is 10.2 Å². The molecule has 2 aliphatic rings. The smallest absolute Gasteiger partial charge is 0.0568 e. The molecule has 0 unspecified atom stereocenters. The first-order valence-electron chi connectivity index (χ1n) is 3.12. The highest BCUT2D eigenvalue weighted by Crippen LogP contribution is 2.02. The fourth-order valence-corrected chi connectivity index (χ4v) is 0.868. The van der Waals surface area contributed by atoms with Crippen molar-refractivity contribution in [3.05, 3.63) is 35.4 Å². The van der Waals surface area contributed by atoms with E-state index in [1.807, 2.05) is 24.3 Å². The van der Waals surface area contributed by atoms with Crippen molar-refractivity contribution >= 4 is 12.4 Å². The molecule has 3 rings (SSSR count). The molecule has 2 heterocycles. The summed E-state index contributed by atoms with van der Waals surface area (Å²) < 4.78 is 0. The summed E-state index contributed by atoms with van der Waals surface area (Å²) in [6.07, 6.45) is 3.47. The van der Waals surface area contributed by atoms with Gasteiger partial charge in [0.1, 0.15) is 0 Å². The zero-order valence-corrected chi connectivity index (χ0v) is 5.36. The van der Waals surface area contributed by atoms with Crippen LogP contribution in [0.25, 0.3) is 0 Å². The second-order valence-corrected chi connectivity index (χ2v) is 2.16. The highest BCUT2D eigenvalue weighted by atomic mass is 15.2. The van der Waals surface area contributed by atoms with Crippen LogP contribution in [0, 0.1) is 0 Å². The van der Waals surface area contributed by atoms with Crippen LogP contribution in [0.15, 0.2) is 34.5 Å². The Morgan fingerprint density at radius 3 is 1.50 bits per heavy atom. The van der Waals surface area contributed by atoms with Crippen molar-refractivity contribution in [1.82, 2.24) is 0 Å². The van der Waals surface area contributed by atoms with Gasteiger partial charge in [0, 0.05) is 0 Å². The summed E-state index contributed by atoms with van der Waals surface area (Å²) in [5.74, 6) is 0. The zero-order valence-electron chi connectivity index (χ0n) is 5.36. The standard InChI is InChI=1S/C8H6N2/c1-2-8-4-3-7(1)5-9-10-6-8/h1-6H/b7-5?,8-6?,9-5-,10-6-,10-9?. The van der Waals surface area contributed by atoms with Crippen LogP contribution in [0.2, 0.25) is 0 Å². The Morgan fingerprint density at radius 2 is 1.10 bits per heavy atom. The second kappa shape index (κ2) is 2.06. The third-order valence-electron chi connectivity index (χ3n) is 1.42. The second-order valence-electron chi connectivity index (χ2n) is 2.16.